The molecule has 3 rings (SSSR count). The molecule has 12 heteroatoms. The standard InChI is InChI=1S/C21H23ClN2O8S/c22-16-3-6-18(32-14-20(25)24-8-11-30-12-9-24)19(13-16)33(28,29)23-7-10-31-17-4-1-15(2-5-17)21(26)27/h1-6,13,23H,7-12,14H2,(H,26,27). The van der Waals surface area contributed by atoms with Crippen LogP contribution in [0.4, 0.5) is 0 Å². The molecule has 1 heterocycles. The molecular weight excluding hydrogens is 476 g/mol. The Morgan fingerprint density at radius 1 is 1.09 bits per heavy atom. The Morgan fingerprint density at radius 3 is 2.45 bits per heavy atom. The third kappa shape index (κ3) is 7.06. The van der Waals surface area contributed by atoms with Gasteiger partial charge in [-0.2, -0.15) is 0 Å². The Hall–Kier alpha value is -2.86. The molecule has 178 valence electrons. The number of carbonyl (C=O) groups excluding carboxylic acids is 1. The van der Waals surface area contributed by atoms with Gasteiger partial charge in [0, 0.05) is 24.7 Å². The SMILES string of the molecule is O=C(O)c1ccc(OCCNS(=O)(=O)c2cc(Cl)ccc2OCC(=O)N2CCOCC2)cc1. The minimum Gasteiger partial charge on any atom is -0.492 e. The molecule has 1 fully saturated rings. The molecule has 2 aromatic carbocycles. The van der Waals surface area contributed by atoms with Crippen LogP contribution in [0.5, 0.6) is 11.5 Å². The maximum atomic E-state index is 12.8. The number of halogens is 1. The number of hydrogen-bond acceptors (Lipinski definition) is 7. The summed E-state index contributed by atoms with van der Waals surface area (Å²) in [6.45, 7) is 1.41. The molecular formula is C21H23ClN2O8S. The molecule has 33 heavy (non-hydrogen) atoms. The van der Waals surface area contributed by atoms with Crippen LogP contribution >= 0.6 is 11.6 Å². The monoisotopic (exact) mass is 498 g/mol. The van der Waals surface area contributed by atoms with Crippen LogP contribution in [0, 0.1) is 0 Å². The van der Waals surface area contributed by atoms with Gasteiger partial charge in [-0.3, -0.25) is 4.79 Å². The molecule has 0 aromatic heterocycles. The summed E-state index contributed by atoms with van der Waals surface area (Å²) in [7, 11) is -4.02. The van der Waals surface area contributed by atoms with E-state index < -0.39 is 16.0 Å². The van der Waals surface area contributed by atoms with Gasteiger partial charge in [-0.15, -0.1) is 0 Å². The third-order valence-electron chi connectivity index (χ3n) is 4.67. The molecule has 0 unspecified atom stereocenters. The van der Waals surface area contributed by atoms with E-state index in [-0.39, 0.29) is 46.9 Å². The summed E-state index contributed by atoms with van der Waals surface area (Å²) in [5, 5.41) is 9.09. The molecule has 1 aliphatic heterocycles. The van der Waals surface area contributed by atoms with Gasteiger partial charge in [0.25, 0.3) is 5.91 Å². The van der Waals surface area contributed by atoms with Gasteiger partial charge in [0.05, 0.1) is 18.8 Å². The average Bonchev–Trinajstić information content (AvgIpc) is 2.81. The number of nitrogens with zero attached hydrogens (tertiary/aromatic N) is 1. The summed E-state index contributed by atoms with van der Waals surface area (Å²) in [4.78, 5) is 24.6. The van der Waals surface area contributed by atoms with Crippen molar-refractivity contribution in [1.29, 1.82) is 0 Å². The Morgan fingerprint density at radius 2 is 1.79 bits per heavy atom. The summed E-state index contributed by atoms with van der Waals surface area (Å²) in [6, 6.07) is 9.83. The van der Waals surface area contributed by atoms with Crippen molar-refractivity contribution in [2.75, 3.05) is 46.1 Å². The lowest BCUT2D eigenvalue weighted by Crippen LogP contribution is -2.43. The number of carboxylic acid groups (broad SMARTS) is 1. The second-order valence-electron chi connectivity index (χ2n) is 6.95. The number of hydrogen-bond donors (Lipinski definition) is 2. The van der Waals surface area contributed by atoms with E-state index in [2.05, 4.69) is 4.72 Å². The van der Waals surface area contributed by atoms with Crippen molar-refractivity contribution in [3.63, 3.8) is 0 Å². The lowest BCUT2D eigenvalue weighted by atomic mass is 10.2. The molecule has 0 spiro atoms. The van der Waals surface area contributed by atoms with Crippen molar-refractivity contribution >= 4 is 33.5 Å². The van der Waals surface area contributed by atoms with E-state index in [0.717, 1.165) is 0 Å². The van der Waals surface area contributed by atoms with Gasteiger partial charge in [0.1, 0.15) is 23.0 Å². The Bertz CT molecular complexity index is 1090. The summed E-state index contributed by atoms with van der Waals surface area (Å²) in [5.74, 6) is -0.932. The highest BCUT2D eigenvalue weighted by Crippen LogP contribution is 2.27. The fourth-order valence-electron chi connectivity index (χ4n) is 2.97. The van der Waals surface area contributed by atoms with Crippen molar-refractivity contribution < 1.29 is 37.3 Å². The summed E-state index contributed by atoms with van der Waals surface area (Å²) < 4.78 is 44.2. The summed E-state index contributed by atoms with van der Waals surface area (Å²) in [5.41, 5.74) is 0.114. The molecule has 0 radical (unpaired) electrons. The largest absolute Gasteiger partial charge is 0.492 e. The van der Waals surface area contributed by atoms with Crippen LogP contribution in [0.2, 0.25) is 5.02 Å². The van der Waals surface area contributed by atoms with Gasteiger partial charge < -0.3 is 24.2 Å². The minimum atomic E-state index is -4.02. The first-order chi connectivity index (χ1) is 15.8. The molecule has 0 bridgehead atoms. The van der Waals surface area contributed by atoms with Crippen LogP contribution in [0.1, 0.15) is 10.4 Å². The first-order valence-electron chi connectivity index (χ1n) is 10.00. The van der Waals surface area contributed by atoms with Crippen molar-refractivity contribution in [3.8, 4) is 11.5 Å². The number of benzene rings is 2. The number of amides is 1. The molecule has 2 N–H and O–H groups in total. The summed E-state index contributed by atoms with van der Waals surface area (Å²) in [6.07, 6.45) is 0. The van der Waals surface area contributed by atoms with Crippen molar-refractivity contribution in [2.24, 2.45) is 0 Å². The maximum absolute atomic E-state index is 12.8. The zero-order valence-corrected chi connectivity index (χ0v) is 19.1. The second kappa shape index (κ2) is 11.3. The third-order valence-corrected chi connectivity index (χ3v) is 6.39. The predicted octanol–water partition coefficient (Wildman–Crippen LogP) is 1.63. The van der Waals surface area contributed by atoms with Gasteiger partial charge in [-0.25, -0.2) is 17.9 Å². The van der Waals surface area contributed by atoms with Crippen LogP contribution in [0.25, 0.3) is 0 Å². The van der Waals surface area contributed by atoms with E-state index in [9.17, 15) is 18.0 Å². The zero-order chi connectivity index (χ0) is 23.8. The minimum absolute atomic E-state index is 0.00122. The van der Waals surface area contributed by atoms with Crippen molar-refractivity contribution in [3.05, 3.63) is 53.1 Å². The fourth-order valence-corrected chi connectivity index (χ4v) is 4.39. The number of carboxylic acids is 1. The van der Waals surface area contributed by atoms with Gasteiger partial charge in [0.15, 0.2) is 6.61 Å². The van der Waals surface area contributed by atoms with Crippen LogP contribution in [-0.2, 0) is 19.6 Å². The van der Waals surface area contributed by atoms with Crippen molar-refractivity contribution in [1.82, 2.24) is 9.62 Å². The molecule has 2 aromatic rings. The quantitative estimate of drug-likeness (QED) is 0.472. The number of sulfonamides is 1. The second-order valence-corrected chi connectivity index (χ2v) is 9.12. The van der Waals surface area contributed by atoms with Gasteiger partial charge in [-0.1, -0.05) is 11.6 Å². The Kier molecular flexibility index (Phi) is 8.50. The molecule has 1 saturated heterocycles. The van der Waals surface area contributed by atoms with Crippen molar-refractivity contribution in [2.45, 2.75) is 4.90 Å². The van der Waals surface area contributed by atoms with Crippen LogP contribution < -0.4 is 14.2 Å². The number of nitrogens with one attached hydrogen (secondary N) is 1. The average molecular weight is 499 g/mol. The van der Waals surface area contributed by atoms with E-state index in [1.165, 1.54) is 42.5 Å². The smallest absolute Gasteiger partial charge is 0.335 e. The number of rotatable bonds is 10. The number of morpholine rings is 1. The maximum Gasteiger partial charge on any atom is 0.335 e. The fraction of sp³-hybridized carbons (Fsp3) is 0.333. The highest BCUT2D eigenvalue weighted by Gasteiger charge is 2.22. The van der Waals surface area contributed by atoms with Crippen LogP contribution in [0.15, 0.2) is 47.4 Å². The topological polar surface area (TPSA) is 131 Å². The van der Waals surface area contributed by atoms with Gasteiger partial charge in [-0.05, 0) is 42.5 Å². The van der Waals surface area contributed by atoms with Crippen LogP contribution in [-0.4, -0.2) is 76.4 Å². The van der Waals surface area contributed by atoms with Gasteiger partial charge in [0.2, 0.25) is 10.0 Å². The number of ether oxygens (including phenoxy) is 3. The normalized spacial score (nSPS) is 14.0. The first-order valence-corrected chi connectivity index (χ1v) is 11.9. The molecule has 0 saturated carbocycles. The van der Waals surface area contributed by atoms with E-state index >= 15 is 0 Å². The lowest BCUT2D eigenvalue weighted by molar-refractivity contribution is -0.137. The molecule has 1 amide bonds. The molecule has 1 aliphatic rings. The van der Waals surface area contributed by atoms with E-state index in [0.29, 0.717) is 32.1 Å². The highest BCUT2D eigenvalue weighted by molar-refractivity contribution is 7.89. The van der Waals surface area contributed by atoms with Crippen LogP contribution in [0.3, 0.4) is 0 Å². The highest BCUT2D eigenvalue weighted by atomic mass is 35.5. The van der Waals surface area contributed by atoms with E-state index in [1.54, 1.807) is 4.90 Å². The lowest BCUT2D eigenvalue weighted by Gasteiger charge is -2.26. The Labute approximate surface area is 196 Å². The summed E-state index contributed by atoms with van der Waals surface area (Å²) >= 11 is 5.98. The zero-order valence-electron chi connectivity index (χ0n) is 17.5. The number of aromatic carboxylic acids is 1. The predicted molar refractivity (Wildman–Crippen MR) is 118 cm³/mol. The number of carbonyl (C=O) groups is 2. The van der Waals surface area contributed by atoms with Gasteiger partial charge >= 0.3 is 5.97 Å². The Balaban J connectivity index is 1.57. The molecule has 10 nitrogen and oxygen atoms in total. The van der Waals surface area contributed by atoms with E-state index in [1.807, 2.05) is 0 Å². The molecule has 0 atom stereocenters. The molecule has 0 aliphatic carbocycles. The first kappa shape index (κ1) is 24.8. The van der Waals surface area contributed by atoms with E-state index in [4.69, 9.17) is 30.9 Å².